The van der Waals surface area contributed by atoms with Gasteiger partial charge in [0.05, 0.1) is 17.1 Å². The first-order valence-corrected chi connectivity index (χ1v) is 11.3. The molecule has 1 atom stereocenters. The number of alkyl halides is 3. The van der Waals surface area contributed by atoms with Crippen LogP contribution >= 0.6 is 0 Å². The molecule has 0 bridgehead atoms. The van der Waals surface area contributed by atoms with Gasteiger partial charge < -0.3 is 14.1 Å². The van der Waals surface area contributed by atoms with Crippen molar-refractivity contribution >= 4 is 21.7 Å². The van der Waals surface area contributed by atoms with Crippen LogP contribution in [-0.4, -0.2) is 55.9 Å². The van der Waals surface area contributed by atoms with Crippen molar-refractivity contribution in [1.29, 1.82) is 0 Å². The summed E-state index contributed by atoms with van der Waals surface area (Å²) in [5.41, 5.74) is -0.728. The van der Waals surface area contributed by atoms with Crippen LogP contribution in [0, 0.1) is 0 Å². The number of hydrogen-bond acceptors (Lipinski definition) is 6. The number of nitrogens with zero attached hydrogens (tertiary/aromatic N) is 1. The molecule has 2 heterocycles. The van der Waals surface area contributed by atoms with Crippen LogP contribution in [0.1, 0.15) is 29.5 Å². The number of carbonyl (C=O) groups is 2. The van der Waals surface area contributed by atoms with Crippen molar-refractivity contribution in [3.63, 3.8) is 0 Å². The molecular formula is C20H20F3NO6S. The highest BCUT2D eigenvalue weighted by molar-refractivity contribution is 7.91. The number of ether oxygens (including phenoxy) is 1. The lowest BCUT2D eigenvalue weighted by molar-refractivity contribution is -0.137. The summed E-state index contributed by atoms with van der Waals surface area (Å²) in [7, 11) is -3.18. The Balaban J connectivity index is 1.63. The molecule has 1 amide bonds. The molecular weight excluding hydrogens is 439 g/mol. The number of furan rings is 1. The standard InChI is InChI=1S/C20H20F3NO6S/c1-2-24(15-8-9-31(27,28)12-15)18(25)11-29-19(26)17-7-6-16(30-17)13-4-3-5-14(10-13)20(21,22)23/h3-7,10,15H,2,8-9,11-12H2,1H3. The average molecular weight is 459 g/mol. The number of hydrogen-bond donors (Lipinski definition) is 0. The normalized spacial score (nSPS) is 18.0. The second-order valence-electron chi connectivity index (χ2n) is 7.06. The van der Waals surface area contributed by atoms with E-state index in [9.17, 15) is 31.2 Å². The van der Waals surface area contributed by atoms with Gasteiger partial charge in [-0.2, -0.15) is 13.2 Å². The quantitative estimate of drug-likeness (QED) is 0.616. The zero-order valence-electron chi connectivity index (χ0n) is 16.5. The summed E-state index contributed by atoms with van der Waals surface area (Å²) >= 11 is 0. The van der Waals surface area contributed by atoms with Gasteiger partial charge in [-0.15, -0.1) is 0 Å². The predicted molar refractivity (Wildman–Crippen MR) is 104 cm³/mol. The van der Waals surface area contributed by atoms with Crippen LogP contribution in [-0.2, 0) is 25.5 Å². The maximum absolute atomic E-state index is 12.9. The molecule has 1 aliphatic heterocycles. The van der Waals surface area contributed by atoms with Crippen LogP contribution in [0.4, 0.5) is 13.2 Å². The number of sulfone groups is 1. The Hall–Kier alpha value is -2.82. The lowest BCUT2D eigenvalue weighted by Crippen LogP contribution is -2.43. The third-order valence-electron chi connectivity index (χ3n) is 4.92. The Morgan fingerprint density at radius 2 is 1.97 bits per heavy atom. The highest BCUT2D eigenvalue weighted by atomic mass is 32.2. The number of amides is 1. The van der Waals surface area contributed by atoms with Gasteiger partial charge in [0, 0.05) is 18.2 Å². The first-order valence-electron chi connectivity index (χ1n) is 9.44. The van der Waals surface area contributed by atoms with Gasteiger partial charge in [0.25, 0.3) is 5.91 Å². The second-order valence-corrected chi connectivity index (χ2v) is 9.28. The first-order chi connectivity index (χ1) is 14.5. The summed E-state index contributed by atoms with van der Waals surface area (Å²) in [5, 5.41) is 0. The van der Waals surface area contributed by atoms with Gasteiger partial charge in [0.1, 0.15) is 5.76 Å². The molecule has 0 N–H and O–H groups in total. The maximum atomic E-state index is 12.9. The zero-order chi connectivity index (χ0) is 22.8. The third-order valence-corrected chi connectivity index (χ3v) is 6.67. The van der Waals surface area contributed by atoms with Crippen LogP contribution in [0.3, 0.4) is 0 Å². The van der Waals surface area contributed by atoms with Crippen molar-refractivity contribution in [3.05, 3.63) is 47.7 Å². The van der Waals surface area contributed by atoms with Gasteiger partial charge in [0.15, 0.2) is 16.4 Å². The van der Waals surface area contributed by atoms with Crippen LogP contribution in [0.5, 0.6) is 0 Å². The smallest absolute Gasteiger partial charge is 0.416 e. The molecule has 0 radical (unpaired) electrons. The summed E-state index contributed by atoms with van der Waals surface area (Å²) in [6.07, 6.45) is -4.19. The minimum absolute atomic E-state index is 0.00590. The molecule has 3 rings (SSSR count). The molecule has 1 aliphatic rings. The van der Waals surface area contributed by atoms with Gasteiger partial charge in [-0.05, 0) is 37.6 Å². The second kappa shape index (κ2) is 8.74. The summed E-state index contributed by atoms with van der Waals surface area (Å²) in [4.78, 5) is 25.9. The van der Waals surface area contributed by atoms with E-state index in [1.165, 1.54) is 29.2 Å². The average Bonchev–Trinajstić information content (AvgIpc) is 3.33. The molecule has 7 nitrogen and oxygen atoms in total. The van der Waals surface area contributed by atoms with Gasteiger partial charge in [-0.1, -0.05) is 12.1 Å². The van der Waals surface area contributed by atoms with E-state index >= 15 is 0 Å². The van der Waals surface area contributed by atoms with Crippen LogP contribution in [0.2, 0.25) is 0 Å². The monoisotopic (exact) mass is 459 g/mol. The van der Waals surface area contributed by atoms with Crippen molar-refractivity contribution in [3.8, 4) is 11.3 Å². The van der Waals surface area contributed by atoms with E-state index < -0.39 is 46.1 Å². The van der Waals surface area contributed by atoms with Gasteiger partial charge in [-0.25, -0.2) is 13.2 Å². The first kappa shape index (κ1) is 22.9. The van der Waals surface area contributed by atoms with E-state index in [1.54, 1.807) is 6.92 Å². The zero-order valence-corrected chi connectivity index (χ0v) is 17.3. The summed E-state index contributed by atoms with van der Waals surface area (Å²) in [5.74, 6) is -1.85. The molecule has 1 aromatic carbocycles. The molecule has 31 heavy (non-hydrogen) atoms. The molecule has 1 aromatic heterocycles. The van der Waals surface area contributed by atoms with Crippen LogP contribution in [0.25, 0.3) is 11.3 Å². The summed E-state index contributed by atoms with van der Waals surface area (Å²) < 4.78 is 72.1. The Morgan fingerprint density at radius 3 is 2.58 bits per heavy atom. The number of likely N-dealkylation sites (N-methyl/N-ethyl adjacent to an activating group) is 1. The highest BCUT2D eigenvalue weighted by Gasteiger charge is 2.34. The number of benzene rings is 1. The third kappa shape index (κ3) is 5.46. The molecule has 0 saturated carbocycles. The summed E-state index contributed by atoms with van der Waals surface area (Å²) in [6.45, 7) is 1.35. The lowest BCUT2D eigenvalue weighted by atomic mass is 10.1. The van der Waals surface area contributed by atoms with Gasteiger partial charge in [0.2, 0.25) is 5.76 Å². The van der Waals surface area contributed by atoms with Crippen LogP contribution in [0.15, 0.2) is 40.8 Å². The topological polar surface area (TPSA) is 93.9 Å². The maximum Gasteiger partial charge on any atom is 0.416 e. The van der Waals surface area contributed by atoms with E-state index in [1.807, 2.05) is 0 Å². The number of halogens is 3. The van der Waals surface area contributed by atoms with Crippen molar-refractivity contribution in [2.45, 2.75) is 25.6 Å². The summed E-state index contributed by atoms with van der Waals surface area (Å²) in [6, 6.07) is 6.55. The number of rotatable bonds is 6. The minimum Gasteiger partial charge on any atom is -0.450 e. The number of carbonyl (C=O) groups excluding carboxylic acids is 2. The van der Waals surface area contributed by atoms with Crippen molar-refractivity contribution in [2.24, 2.45) is 0 Å². The fourth-order valence-electron chi connectivity index (χ4n) is 3.39. The van der Waals surface area contributed by atoms with Crippen LogP contribution < -0.4 is 0 Å². The minimum atomic E-state index is -4.52. The number of esters is 1. The Morgan fingerprint density at radius 1 is 1.23 bits per heavy atom. The van der Waals surface area contributed by atoms with E-state index in [0.29, 0.717) is 6.42 Å². The Bertz CT molecular complexity index is 1080. The van der Waals surface area contributed by atoms with Crippen molar-refractivity contribution in [2.75, 3.05) is 24.7 Å². The molecule has 11 heteroatoms. The fourth-order valence-corrected chi connectivity index (χ4v) is 5.12. The van der Waals surface area contributed by atoms with Gasteiger partial charge in [-0.3, -0.25) is 4.79 Å². The molecule has 0 aliphatic carbocycles. The molecule has 1 fully saturated rings. The Kier molecular flexibility index (Phi) is 6.44. The predicted octanol–water partition coefficient (Wildman–Crippen LogP) is 3.16. The Labute approximate surface area is 176 Å². The molecule has 2 aromatic rings. The lowest BCUT2D eigenvalue weighted by Gasteiger charge is -2.26. The molecule has 168 valence electrons. The van der Waals surface area contributed by atoms with E-state index in [-0.39, 0.29) is 35.1 Å². The van der Waals surface area contributed by atoms with Crippen molar-refractivity contribution in [1.82, 2.24) is 4.90 Å². The van der Waals surface area contributed by atoms with Gasteiger partial charge >= 0.3 is 12.1 Å². The van der Waals surface area contributed by atoms with E-state index in [0.717, 1.165) is 12.1 Å². The highest BCUT2D eigenvalue weighted by Crippen LogP contribution is 2.32. The van der Waals surface area contributed by atoms with E-state index in [2.05, 4.69) is 0 Å². The largest absolute Gasteiger partial charge is 0.450 e. The van der Waals surface area contributed by atoms with Crippen molar-refractivity contribution < 1.29 is 40.3 Å². The fraction of sp³-hybridized carbons (Fsp3) is 0.400. The molecule has 0 spiro atoms. The van der Waals surface area contributed by atoms with E-state index in [4.69, 9.17) is 9.15 Å². The SMILES string of the molecule is CCN(C(=O)COC(=O)c1ccc(-c2cccc(C(F)(F)F)c2)o1)C1CCS(=O)(=O)C1. The molecule has 1 unspecified atom stereocenters. The molecule has 1 saturated heterocycles.